The van der Waals surface area contributed by atoms with Crippen LogP contribution in [0.1, 0.15) is 28.6 Å². The highest BCUT2D eigenvalue weighted by Crippen LogP contribution is 2.26. The van der Waals surface area contributed by atoms with Gasteiger partial charge in [0.25, 0.3) is 0 Å². The molecular formula is C17H13ClFNO4S. The van der Waals surface area contributed by atoms with Crippen molar-refractivity contribution in [2.75, 3.05) is 0 Å². The first-order valence-corrected chi connectivity index (χ1v) is 8.62. The molecule has 0 spiro atoms. The van der Waals surface area contributed by atoms with Crippen molar-refractivity contribution in [3.05, 3.63) is 57.0 Å². The van der Waals surface area contributed by atoms with Crippen molar-refractivity contribution >= 4 is 40.4 Å². The molecule has 2 atom stereocenters. The van der Waals surface area contributed by atoms with Gasteiger partial charge in [0, 0.05) is 12.0 Å². The molecule has 130 valence electrons. The van der Waals surface area contributed by atoms with Crippen LogP contribution in [0.5, 0.6) is 0 Å². The maximum atomic E-state index is 12.9. The van der Waals surface area contributed by atoms with Crippen molar-refractivity contribution in [1.29, 1.82) is 0 Å². The number of ketones is 1. The lowest BCUT2D eigenvalue weighted by Crippen LogP contribution is -2.31. The molecule has 0 N–H and O–H groups in total. The molecule has 8 heteroatoms. The number of hydrogen-bond acceptors (Lipinski definition) is 6. The van der Waals surface area contributed by atoms with Gasteiger partial charge in [-0.25, -0.2) is 9.18 Å². The van der Waals surface area contributed by atoms with E-state index in [1.807, 2.05) is 0 Å². The molecule has 2 aromatic rings. The summed E-state index contributed by atoms with van der Waals surface area (Å²) in [5.74, 6) is -1.54. The number of carbonyl (C=O) groups is 2. The number of Topliss-reactive ketones (excluding diaryl/α,β-unsaturated/α-hetero) is 1. The quantitative estimate of drug-likeness (QED) is 0.583. The monoisotopic (exact) mass is 381 g/mol. The Morgan fingerprint density at radius 1 is 1.32 bits per heavy atom. The van der Waals surface area contributed by atoms with Crippen LogP contribution in [0.15, 0.2) is 41.6 Å². The fraction of sp³-hybridized carbons (Fsp3) is 0.235. The molecule has 0 saturated carbocycles. The Kier molecular flexibility index (Phi) is 5.15. The fourth-order valence-corrected chi connectivity index (χ4v) is 3.30. The molecule has 2 heterocycles. The summed E-state index contributed by atoms with van der Waals surface area (Å²) in [6, 6.07) is 8.57. The van der Waals surface area contributed by atoms with Crippen molar-refractivity contribution in [3.8, 4) is 0 Å². The van der Waals surface area contributed by atoms with Gasteiger partial charge in [0.05, 0.1) is 9.21 Å². The molecule has 1 aliphatic rings. The van der Waals surface area contributed by atoms with E-state index in [9.17, 15) is 14.0 Å². The highest BCUT2D eigenvalue weighted by Gasteiger charge is 2.33. The van der Waals surface area contributed by atoms with E-state index < -0.39 is 29.8 Å². The number of benzene rings is 1. The standard InChI is InChI=1S/C17H13ClFNO4S/c1-9(16(21)10-2-4-11(19)5-3-10)23-17(22)13-8-12(20-24-13)14-6-7-15(18)25-14/h2-7,9,13H,8H2,1H3/t9-,13-/m0/s1. The second-order valence-corrected chi connectivity index (χ2v) is 7.11. The zero-order chi connectivity index (χ0) is 18.0. The molecule has 0 amide bonds. The number of rotatable bonds is 5. The predicted molar refractivity (Wildman–Crippen MR) is 91.6 cm³/mol. The van der Waals surface area contributed by atoms with E-state index in [0.29, 0.717) is 10.0 Å². The minimum absolute atomic E-state index is 0.243. The first-order valence-electron chi connectivity index (χ1n) is 7.42. The van der Waals surface area contributed by atoms with Gasteiger partial charge < -0.3 is 9.57 Å². The number of halogens is 2. The number of hydrogen-bond donors (Lipinski definition) is 0. The lowest BCUT2D eigenvalue weighted by molar-refractivity contribution is -0.158. The summed E-state index contributed by atoms with van der Waals surface area (Å²) in [7, 11) is 0. The van der Waals surface area contributed by atoms with E-state index in [-0.39, 0.29) is 12.0 Å². The Morgan fingerprint density at radius 2 is 2.04 bits per heavy atom. The summed E-state index contributed by atoms with van der Waals surface area (Å²) < 4.78 is 18.7. The van der Waals surface area contributed by atoms with Gasteiger partial charge in [-0.1, -0.05) is 16.8 Å². The zero-order valence-corrected chi connectivity index (χ0v) is 14.6. The number of nitrogens with zero attached hydrogens (tertiary/aromatic N) is 1. The van der Waals surface area contributed by atoms with Gasteiger partial charge in [-0.3, -0.25) is 4.79 Å². The first-order chi connectivity index (χ1) is 11.9. The molecule has 0 fully saturated rings. The largest absolute Gasteiger partial charge is 0.451 e. The van der Waals surface area contributed by atoms with Crippen LogP contribution in [0, 0.1) is 5.82 Å². The van der Waals surface area contributed by atoms with Crippen LogP contribution in [-0.4, -0.2) is 29.7 Å². The van der Waals surface area contributed by atoms with Crippen molar-refractivity contribution in [1.82, 2.24) is 0 Å². The summed E-state index contributed by atoms with van der Waals surface area (Å²) in [5.41, 5.74) is 0.871. The molecule has 3 rings (SSSR count). The van der Waals surface area contributed by atoms with Crippen LogP contribution in [0.4, 0.5) is 4.39 Å². The highest BCUT2D eigenvalue weighted by atomic mass is 35.5. The molecule has 0 radical (unpaired) electrons. The molecule has 25 heavy (non-hydrogen) atoms. The number of esters is 1. The average Bonchev–Trinajstić information content (AvgIpc) is 3.23. The number of carbonyl (C=O) groups excluding carboxylic acids is 2. The minimum atomic E-state index is -1.01. The van der Waals surface area contributed by atoms with E-state index in [1.54, 1.807) is 12.1 Å². The Hall–Kier alpha value is -2.25. The normalized spacial score (nSPS) is 17.6. The van der Waals surface area contributed by atoms with E-state index in [4.69, 9.17) is 21.2 Å². The van der Waals surface area contributed by atoms with Gasteiger partial charge in [-0.15, -0.1) is 11.3 Å². The summed E-state index contributed by atoms with van der Waals surface area (Å²) in [6.45, 7) is 1.46. The smallest absolute Gasteiger partial charge is 0.351 e. The summed E-state index contributed by atoms with van der Waals surface area (Å²) >= 11 is 7.21. The Morgan fingerprint density at radius 3 is 2.68 bits per heavy atom. The van der Waals surface area contributed by atoms with Crippen LogP contribution in [-0.2, 0) is 14.4 Å². The fourth-order valence-electron chi connectivity index (χ4n) is 2.27. The molecule has 5 nitrogen and oxygen atoms in total. The molecule has 1 aromatic carbocycles. The van der Waals surface area contributed by atoms with Gasteiger partial charge in [-0.05, 0) is 43.3 Å². The molecule has 0 aliphatic carbocycles. The summed E-state index contributed by atoms with van der Waals surface area (Å²) in [6.07, 6.45) is -1.67. The van der Waals surface area contributed by atoms with Gasteiger partial charge >= 0.3 is 5.97 Å². The molecule has 0 unspecified atom stereocenters. The first kappa shape index (κ1) is 17.6. The zero-order valence-electron chi connectivity index (χ0n) is 13.1. The van der Waals surface area contributed by atoms with E-state index in [0.717, 1.165) is 4.88 Å². The third-order valence-corrected chi connectivity index (χ3v) is 4.86. The second-order valence-electron chi connectivity index (χ2n) is 5.39. The Bertz CT molecular complexity index is 833. The van der Waals surface area contributed by atoms with Crippen molar-refractivity contribution in [3.63, 3.8) is 0 Å². The summed E-state index contributed by atoms with van der Waals surface area (Å²) in [5, 5.41) is 3.88. The van der Waals surface area contributed by atoms with Crippen molar-refractivity contribution in [2.45, 2.75) is 25.6 Å². The number of ether oxygens (including phenoxy) is 1. The second kappa shape index (κ2) is 7.33. The average molecular weight is 382 g/mol. The van der Waals surface area contributed by atoms with Crippen molar-refractivity contribution in [2.24, 2.45) is 5.16 Å². The highest BCUT2D eigenvalue weighted by molar-refractivity contribution is 7.18. The molecule has 1 aromatic heterocycles. The SMILES string of the molecule is C[C@H](OC(=O)[C@@H]1CC(c2ccc(Cl)s2)=NO1)C(=O)c1ccc(F)cc1. The number of thiophene rings is 1. The van der Waals surface area contributed by atoms with Gasteiger partial charge in [-0.2, -0.15) is 0 Å². The van der Waals surface area contributed by atoms with Crippen LogP contribution < -0.4 is 0 Å². The third kappa shape index (κ3) is 4.05. The molecule has 0 saturated heterocycles. The number of oxime groups is 1. The van der Waals surface area contributed by atoms with Crippen molar-refractivity contribution < 1.29 is 23.6 Å². The molecular weight excluding hydrogens is 369 g/mol. The Balaban J connectivity index is 1.57. The topological polar surface area (TPSA) is 65.0 Å². The third-order valence-electron chi connectivity index (χ3n) is 3.58. The maximum absolute atomic E-state index is 12.9. The van der Waals surface area contributed by atoms with E-state index >= 15 is 0 Å². The van der Waals surface area contributed by atoms with Crippen LogP contribution >= 0.6 is 22.9 Å². The van der Waals surface area contributed by atoms with Gasteiger partial charge in [0.1, 0.15) is 11.5 Å². The molecule has 1 aliphatic heterocycles. The Labute approximate surface area is 152 Å². The maximum Gasteiger partial charge on any atom is 0.351 e. The van der Waals surface area contributed by atoms with Gasteiger partial charge in [0.15, 0.2) is 6.10 Å². The minimum Gasteiger partial charge on any atom is -0.451 e. The van der Waals surface area contributed by atoms with Crippen LogP contribution in [0.3, 0.4) is 0 Å². The van der Waals surface area contributed by atoms with E-state index in [2.05, 4.69) is 5.16 Å². The van der Waals surface area contributed by atoms with E-state index in [1.165, 1.54) is 42.5 Å². The lowest BCUT2D eigenvalue weighted by Gasteiger charge is -2.14. The molecule has 0 bridgehead atoms. The van der Waals surface area contributed by atoms with Crippen LogP contribution in [0.25, 0.3) is 0 Å². The van der Waals surface area contributed by atoms with Crippen LogP contribution in [0.2, 0.25) is 4.34 Å². The lowest BCUT2D eigenvalue weighted by atomic mass is 10.1. The predicted octanol–water partition coefficient (Wildman–Crippen LogP) is 3.85. The summed E-state index contributed by atoms with van der Waals surface area (Å²) in [4.78, 5) is 30.3. The van der Waals surface area contributed by atoms with Gasteiger partial charge in [0.2, 0.25) is 11.9 Å².